The van der Waals surface area contributed by atoms with Gasteiger partial charge in [-0.05, 0) is 33.6 Å². The fourth-order valence-corrected chi connectivity index (χ4v) is 3.37. The Balaban J connectivity index is 1.48. The second-order valence-electron chi connectivity index (χ2n) is 5.55. The highest BCUT2D eigenvalue weighted by molar-refractivity contribution is 9.10. The number of piperazine rings is 1. The molecule has 0 bridgehead atoms. The van der Waals surface area contributed by atoms with Crippen molar-refractivity contribution in [2.75, 3.05) is 31.1 Å². The van der Waals surface area contributed by atoms with Crippen molar-refractivity contribution in [3.63, 3.8) is 0 Å². The summed E-state index contributed by atoms with van der Waals surface area (Å²) >= 11 is 3.48. The number of fused-ring (bicyclic) bond motifs is 1. The van der Waals surface area contributed by atoms with E-state index in [4.69, 9.17) is 0 Å². The molecule has 0 amide bonds. The minimum Gasteiger partial charge on any atom is -0.353 e. The van der Waals surface area contributed by atoms with Crippen molar-refractivity contribution in [1.29, 1.82) is 0 Å². The van der Waals surface area contributed by atoms with Crippen LogP contribution >= 0.6 is 15.9 Å². The number of rotatable bonds is 3. The van der Waals surface area contributed by atoms with E-state index in [9.17, 15) is 0 Å². The van der Waals surface area contributed by atoms with Gasteiger partial charge in [-0.15, -0.1) is 0 Å². The zero-order chi connectivity index (χ0) is 15.6. The molecule has 3 aromatic rings. The smallest absolute Gasteiger partial charge is 0.161 e. The van der Waals surface area contributed by atoms with Gasteiger partial charge in [-0.2, -0.15) is 5.10 Å². The van der Waals surface area contributed by atoms with Gasteiger partial charge < -0.3 is 4.90 Å². The Kier molecular flexibility index (Phi) is 3.92. The number of nitrogens with zero attached hydrogens (tertiary/aromatic N) is 6. The molecule has 0 radical (unpaired) electrons. The zero-order valence-electron chi connectivity index (χ0n) is 12.5. The average molecular weight is 374 g/mol. The van der Waals surface area contributed by atoms with E-state index in [2.05, 4.69) is 63.0 Å². The van der Waals surface area contributed by atoms with Crippen LogP contribution in [0.1, 0.15) is 5.56 Å². The summed E-state index contributed by atoms with van der Waals surface area (Å²) in [6.45, 7) is 4.85. The van der Waals surface area contributed by atoms with E-state index in [1.807, 2.05) is 12.4 Å². The lowest BCUT2D eigenvalue weighted by molar-refractivity contribution is 0.249. The maximum Gasteiger partial charge on any atom is 0.161 e. The van der Waals surface area contributed by atoms with Crippen LogP contribution in [-0.2, 0) is 6.54 Å². The van der Waals surface area contributed by atoms with Crippen molar-refractivity contribution in [2.24, 2.45) is 0 Å². The Morgan fingerprint density at radius 1 is 1.09 bits per heavy atom. The number of H-pyrrole nitrogens is 1. The third-order valence-corrected chi connectivity index (χ3v) is 4.69. The first-order valence-electron chi connectivity index (χ1n) is 7.52. The predicted molar refractivity (Wildman–Crippen MR) is 91.1 cm³/mol. The topological polar surface area (TPSA) is 73.8 Å². The molecule has 4 heterocycles. The van der Waals surface area contributed by atoms with Gasteiger partial charge in [-0.3, -0.25) is 15.0 Å². The van der Waals surface area contributed by atoms with E-state index in [0.29, 0.717) is 0 Å². The molecule has 23 heavy (non-hydrogen) atoms. The van der Waals surface area contributed by atoms with Gasteiger partial charge in [0.05, 0.1) is 5.39 Å². The fraction of sp³-hybridized carbons (Fsp3) is 0.333. The molecule has 1 aliphatic rings. The maximum absolute atomic E-state index is 4.47. The molecule has 1 fully saturated rings. The third-order valence-electron chi connectivity index (χ3n) is 4.12. The summed E-state index contributed by atoms with van der Waals surface area (Å²) in [5, 5.41) is 8.04. The second kappa shape index (κ2) is 6.21. The first-order valence-corrected chi connectivity index (χ1v) is 8.31. The molecule has 0 saturated carbocycles. The number of hydrogen-bond acceptors (Lipinski definition) is 6. The highest BCUT2D eigenvalue weighted by Crippen LogP contribution is 2.28. The summed E-state index contributed by atoms with van der Waals surface area (Å²) in [4.78, 5) is 17.5. The van der Waals surface area contributed by atoms with Crippen molar-refractivity contribution in [1.82, 2.24) is 30.0 Å². The van der Waals surface area contributed by atoms with E-state index in [1.54, 1.807) is 6.33 Å². The first-order chi connectivity index (χ1) is 11.3. The standard InChI is InChI=1S/C15H16BrN7/c16-13-12-14(21-20-13)18-10-19-15(12)23-7-5-22(6-8-23)9-11-1-3-17-4-2-11/h1-4,10H,5-9H2,(H,18,19,20,21). The van der Waals surface area contributed by atoms with E-state index in [1.165, 1.54) is 5.56 Å². The molecule has 0 spiro atoms. The van der Waals surface area contributed by atoms with E-state index in [0.717, 1.165) is 54.2 Å². The van der Waals surface area contributed by atoms with Gasteiger partial charge >= 0.3 is 0 Å². The first kappa shape index (κ1) is 14.5. The van der Waals surface area contributed by atoms with Gasteiger partial charge in [-0.1, -0.05) is 0 Å². The van der Waals surface area contributed by atoms with E-state index in [-0.39, 0.29) is 0 Å². The molecule has 0 aliphatic carbocycles. The van der Waals surface area contributed by atoms with Gasteiger partial charge in [0.15, 0.2) is 5.65 Å². The normalized spacial score (nSPS) is 16.1. The molecule has 1 saturated heterocycles. The van der Waals surface area contributed by atoms with Crippen LogP contribution in [0, 0.1) is 0 Å². The molecular weight excluding hydrogens is 358 g/mol. The van der Waals surface area contributed by atoms with Gasteiger partial charge in [0, 0.05) is 45.1 Å². The third kappa shape index (κ3) is 2.91. The van der Waals surface area contributed by atoms with Crippen molar-refractivity contribution in [2.45, 2.75) is 6.54 Å². The van der Waals surface area contributed by atoms with Crippen LogP contribution in [0.4, 0.5) is 5.82 Å². The SMILES string of the molecule is Brc1n[nH]c2ncnc(N3CCN(Cc4ccncc4)CC3)c12. The van der Waals surface area contributed by atoms with Crippen LogP contribution in [0.3, 0.4) is 0 Å². The van der Waals surface area contributed by atoms with Crippen LogP contribution in [0.5, 0.6) is 0 Å². The van der Waals surface area contributed by atoms with Crippen LogP contribution in [0.2, 0.25) is 0 Å². The summed E-state index contributed by atoms with van der Waals surface area (Å²) in [6, 6.07) is 4.14. The molecule has 0 atom stereocenters. The fourth-order valence-electron chi connectivity index (χ4n) is 2.91. The Labute approximate surface area is 141 Å². The largest absolute Gasteiger partial charge is 0.353 e. The van der Waals surface area contributed by atoms with E-state index < -0.39 is 0 Å². The van der Waals surface area contributed by atoms with Crippen LogP contribution < -0.4 is 4.90 Å². The maximum atomic E-state index is 4.47. The average Bonchev–Trinajstić information content (AvgIpc) is 2.98. The van der Waals surface area contributed by atoms with Crippen molar-refractivity contribution >= 4 is 32.8 Å². The summed E-state index contributed by atoms with van der Waals surface area (Å²) < 4.78 is 0.766. The van der Waals surface area contributed by atoms with Gasteiger partial charge in [0.1, 0.15) is 16.7 Å². The van der Waals surface area contributed by atoms with Gasteiger partial charge in [0.2, 0.25) is 0 Å². The number of nitrogens with one attached hydrogen (secondary N) is 1. The molecule has 3 aromatic heterocycles. The molecule has 0 unspecified atom stereocenters. The van der Waals surface area contributed by atoms with Gasteiger partial charge in [0.25, 0.3) is 0 Å². The number of aromatic amines is 1. The highest BCUT2D eigenvalue weighted by Gasteiger charge is 2.22. The molecule has 1 N–H and O–H groups in total. The molecule has 4 rings (SSSR count). The number of halogens is 1. The zero-order valence-corrected chi connectivity index (χ0v) is 14.1. The Bertz CT molecular complexity index is 796. The molecule has 118 valence electrons. The summed E-state index contributed by atoms with van der Waals surface area (Å²) in [7, 11) is 0. The van der Waals surface area contributed by atoms with Crippen molar-refractivity contribution in [3.8, 4) is 0 Å². The van der Waals surface area contributed by atoms with Crippen LogP contribution in [-0.4, -0.2) is 56.2 Å². The minimum atomic E-state index is 0.765. The van der Waals surface area contributed by atoms with Crippen molar-refractivity contribution in [3.05, 3.63) is 41.0 Å². The Morgan fingerprint density at radius 3 is 2.65 bits per heavy atom. The number of anilines is 1. The molecule has 7 nitrogen and oxygen atoms in total. The number of hydrogen-bond donors (Lipinski definition) is 1. The molecule has 0 aromatic carbocycles. The molecular formula is C15H16BrN7. The summed E-state index contributed by atoms with van der Waals surface area (Å²) in [6.07, 6.45) is 5.28. The Hall–Kier alpha value is -2.06. The minimum absolute atomic E-state index is 0.765. The lowest BCUT2D eigenvalue weighted by Gasteiger charge is -2.35. The lowest BCUT2D eigenvalue weighted by atomic mass is 10.2. The number of aromatic nitrogens is 5. The summed E-state index contributed by atoms with van der Waals surface area (Å²) in [5.41, 5.74) is 2.07. The van der Waals surface area contributed by atoms with Crippen LogP contribution in [0.15, 0.2) is 35.5 Å². The summed E-state index contributed by atoms with van der Waals surface area (Å²) in [5.74, 6) is 0.944. The molecule has 8 heteroatoms. The van der Waals surface area contributed by atoms with Crippen molar-refractivity contribution < 1.29 is 0 Å². The predicted octanol–water partition coefficient (Wildman–Crippen LogP) is 1.83. The van der Waals surface area contributed by atoms with Gasteiger partial charge in [-0.25, -0.2) is 9.97 Å². The molecule has 1 aliphatic heterocycles. The lowest BCUT2D eigenvalue weighted by Crippen LogP contribution is -2.46. The number of pyridine rings is 1. The Morgan fingerprint density at radius 2 is 1.87 bits per heavy atom. The second-order valence-corrected chi connectivity index (χ2v) is 6.31. The quantitative estimate of drug-likeness (QED) is 0.754. The highest BCUT2D eigenvalue weighted by atomic mass is 79.9. The van der Waals surface area contributed by atoms with Crippen LogP contribution in [0.25, 0.3) is 11.0 Å². The van der Waals surface area contributed by atoms with E-state index >= 15 is 0 Å². The monoisotopic (exact) mass is 373 g/mol.